The van der Waals surface area contributed by atoms with Crippen molar-refractivity contribution in [3.05, 3.63) is 34.9 Å². The maximum atomic E-state index is 11.3. The van der Waals surface area contributed by atoms with Crippen molar-refractivity contribution in [3.8, 4) is 0 Å². The Labute approximate surface area is 102 Å². The SMILES string of the molecule is CC(CO)c1cccc(C(=O)O)c1C(C)(C)C. The third kappa shape index (κ3) is 2.86. The first-order valence-corrected chi connectivity index (χ1v) is 5.76. The van der Waals surface area contributed by atoms with Crippen LogP contribution >= 0.6 is 0 Å². The Kier molecular flexibility index (Phi) is 3.94. The highest BCUT2D eigenvalue weighted by atomic mass is 16.4. The van der Waals surface area contributed by atoms with Crippen LogP contribution in [0, 0.1) is 0 Å². The maximum absolute atomic E-state index is 11.3. The normalized spacial score (nSPS) is 13.5. The molecule has 0 amide bonds. The van der Waals surface area contributed by atoms with Gasteiger partial charge in [-0.1, -0.05) is 39.8 Å². The lowest BCUT2D eigenvalue weighted by Crippen LogP contribution is -2.21. The molecule has 1 atom stereocenters. The molecule has 17 heavy (non-hydrogen) atoms. The summed E-state index contributed by atoms with van der Waals surface area (Å²) in [5.41, 5.74) is 1.80. The van der Waals surface area contributed by atoms with Crippen LogP contribution in [0.2, 0.25) is 0 Å². The summed E-state index contributed by atoms with van der Waals surface area (Å²) < 4.78 is 0. The number of carbonyl (C=O) groups is 1. The van der Waals surface area contributed by atoms with Gasteiger partial charge in [-0.25, -0.2) is 4.79 Å². The van der Waals surface area contributed by atoms with Gasteiger partial charge in [-0.05, 0) is 22.6 Å². The molecule has 3 nitrogen and oxygen atoms in total. The van der Waals surface area contributed by atoms with Crippen molar-refractivity contribution in [1.29, 1.82) is 0 Å². The van der Waals surface area contributed by atoms with Crippen molar-refractivity contribution in [2.24, 2.45) is 0 Å². The minimum Gasteiger partial charge on any atom is -0.478 e. The van der Waals surface area contributed by atoms with Gasteiger partial charge < -0.3 is 10.2 Å². The summed E-state index contributed by atoms with van der Waals surface area (Å²) in [5, 5.41) is 18.5. The Hall–Kier alpha value is -1.35. The molecule has 0 aromatic heterocycles. The van der Waals surface area contributed by atoms with E-state index < -0.39 is 5.97 Å². The van der Waals surface area contributed by atoms with Crippen molar-refractivity contribution < 1.29 is 15.0 Å². The zero-order valence-corrected chi connectivity index (χ0v) is 10.8. The van der Waals surface area contributed by atoms with Crippen LogP contribution in [0.25, 0.3) is 0 Å². The highest BCUT2D eigenvalue weighted by Gasteiger charge is 2.26. The lowest BCUT2D eigenvalue weighted by Gasteiger charge is -2.27. The van der Waals surface area contributed by atoms with Crippen LogP contribution in [0.4, 0.5) is 0 Å². The first-order valence-electron chi connectivity index (χ1n) is 5.76. The molecule has 3 heteroatoms. The van der Waals surface area contributed by atoms with E-state index in [-0.39, 0.29) is 17.9 Å². The Morgan fingerprint density at radius 1 is 1.35 bits per heavy atom. The number of hydrogen-bond acceptors (Lipinski definition) is 2. The average Bonchev–Trinajstić information content (AvgIpc) is 2.25. The zero-order chi connectivity index (χ0) is 13.2. The summed E-state index contributed by atoms with van der Waals surface area (Å²) in [6, 6.07) is 5.25. The van der Waals surface area contributed by atoms with Gasteiger partial charge in [-0.3, -0.25) is 0 Å². The van der Waals surface area contributed by atoms with Crippen LogP contribution < -0.4 is 0 Å². The molecular formula is C14H20O3. The molecule has 0 heterocycles. The number of hydrogen-bond donors (Lipinski definition) is 2. The Balaban J connectivity index is 3.51. The summed E-state index contributed by atoms with van der Waals surface area (Å²) in [4.78, 5) is 11.3. The molecule has 1 unspecified atom stereocenters. The number of rotatable bonds is 3. The third-order valence-electron chi connectivity index (χ3n) is 2.88. The van der Waals surface area contributed by atoms with E-state index in [9.17, 15) is 15.0 Å². The van der Waals surface area contributed by atoms with E-state index in [2.05, 4.69) is 0 Å². The molecule has 0 spiro atoms. The number of aliphatic hydroxyl groups is 1. The van der Waals surface area contributed by atoms with Crippen molar-refractivity contribution in [2.45, 2.75) is 39.0 Å². The molecule has 1 aromatic rings. The number of benzene rings is 1. The van der Waals surface area contributed by atoms with Crippen molar-refractivity contribution >= 4 is 5.97 Å². The summed E-state index contributed by atoms with van der Waals surface area (Å²) >= 11 is 0. The quantitative estimate of drug-likeness (QED) is 0.848. The molecule has 0 bridgehead atoms. The Morgan fingerprint density at radius 2 is 1.94 bits per heavy atom. The monoisotopic (exact) mass is 236 g/mol. The van der Waals surface area contributed by atoms with E-state index in [0.717, 1.165) is 11.1 Å². The van der Waals surface area contributed by atoms with Crippen molar-refractivity contribution in [3.63, 3.8) is 0 Å². The van der Waals surface area contributed by atoms with Gasteiger partial charge >= 0.3 is 5.97 Å². The number of aliphatic hydroxyl groups excluding tert-OH is 1. The van der Waals surface area contributed by atoms with Crippen LogP contribution in [0.5, 0.6) is 0 Å². The molecule has 0 fully saturated rings. The predicted octanol–water partition coefficient (Wildman–Crippen LogP) is 2.78. The van der Waals surface area contributed by atoms with Gasteiger partial charge in [0.05, 0.1) is 5.56 Å². The fraction of sp³-hybridized carbons (Fsp3) is 0.500. The Bertz CT molecular complexity index is 416. The van der Waals surface area contributed by atoms with Crippen molar-refractivity contribution in [1.82, 2.24) is 0 Å². The fourth-order valence-corrected chi connectivity index (χ4v) is 2.09. The number of carboxylic acids is 1. The molecular weight excluding hydrogens is 216 g/mol. The Morgan fingerprint density at radius 3 is 2.35 bits per heavy atom. The summed E-state index contributed by atoms with van der Waals surface area (Å²) in [6.45, 7) is 7.88. The van der Waals surface area contributed by atoms with Gasteiger partial charge in [0.25, 0.3) is 0 Å². The molecule has 2 N–H and O–H groups in total. The van der Waals surface area contributed by atoms with E-state index in [1.54, 1.807) is 12.1 Å². The van der Waals surface area contributed by atoms with Gasteiger partial charge in [0, 0.05) is 12.5 Å². The molecule has 0 saturated carbocycles. The van der Waals surface area contributed by atoms with Crippen LogP contribution in [-0.4, -0.2) is 22.8 Å². The number of aromatic carboxylic acids is 1. The minimum atomic E-state index is -0.915. The second-order valence-corrected chi connectivity index (χ2v) is 5.41. The molecule has 0 aliphatic carbocycles. The molecule has 0 aliphatic heterocycles. The predicted molar refractivity (Wildman–Crippen MR) is 67.6 cm³/mol. The zero-order valence-electron chi connectivity index (χ0n) is 10.8. The molecule has 94 valence electrons. The first kappa shape index (κ1) is 13.7. The largest absolute Gasteiger partial charge is 0.478 e. The second-order valence-electron chi connectivity index (χ2n) is 5.41. The lowest BCUT2D eigenvalue weighted by atomic mass is 9.77. The molecule has 0 aliphatic rings. The van der Waals surface area contributed by atoms with Gasteiger partial charge in [0.1, 0.15) is 0 Å². The van der Waals surface area contributed by atoms with Crippen LogP contribution in [0.1, 0.15) is 55.1 Å². The maximum Gasteiger partial charge on any atom is 0.335 e. The van der Waals surface area contributed by atoms with Crippen molar-refractivity contribution in [2.75, 3.05) is 6.61 Å². The van der Waals surface area contributed by atoms with E-state index in [1.165, 1.54) is 0 Å². The topological polar surface area (TPSA) is 57.5 Å². The average molecular weight is 236 g/mol. The number of carboxylic acid groups (broad SMARTS) is 1. The van der Waals surface area contributed by atoms with Gasteiger partial charge in [-0.2, -0.15) is 0 Å². The van der Waals surface area contributed by atoms with Crippen LogP contribution in [0.15, 0.2) is 18.2 Å². The molecule has 1 rings (SSSR count). The fourth-order valence-electron chi connectivity index (χ4n) is 2.09. The first-order chi connectivity index (χ1) is 7.79. The smallest absolute Gasteiger partial charge is 0.335 e. The van der Waals surface area contributed by atoms with E-state index in [4.69, 9.17) is 0 Å². The highest BCUT2D eigenvalue weighted by Crippen LogP contribution is 2.33. The van der Waals surface area contributed by atoms with Gasteiger partial charge in [0.2, 0.25) is 0 Å². The second kappa shape index (κ2) is 4.88. The summed E-state index contributed by atoms with van der Waals surface area (Å²) in [6.07, 6.45) is 0. The molecule has 0 radical (unpaired) electrons. The van der Waals surface area contributed by atoms with E-state index >= 15 is 0 Å². The summed E-state index contributed by atoms with van der Waals surface area (Å²) in [7, 11) is 0. The summed E-state index contributed by atoms with van der Waals surface area (Å²) in [5.74, 6) is -0.967. The van der Waals surface area contributed by atoms with Gasteiger partial charge in [-0.15, -0.1) is 0 Å². The minimum absolute atomic E-state index is 0.0200. The van der Waals surface area contributed by atoms with E-state index in [1.807, 2.05) is 33.8 Å². The molecule has 0 saturated heterocycles. The van der Waals surface area contributed by atoms with E-state index in [0.29, 0.717) is 5.56 Å². The van der Waals surface area contributed by atoms with Crippen LogP contribution in [0.3, 0.4) is 0 Å². The third-order valence-corrected chi connectivity index (χ3v) is 2.88. The molecule has 1 aromatic carbocycles. The van der Waals surface area contributed by atoms with Crippen LogP contribution in [-0.2, 0) is 5.41 Å². The standard InChI is InChI=1S/C14H20O3/c1-9(8-15)10-6-5-7-11(13(16)17)12(10)14(2,3)4/h5-7,9,15H,8H2,1-4H3,(H,16,17). The van der Waals surface area contributed by atoms with Gasteiger partial charge in [0.15, 0.2) is 0 Å². The lowest BCUT2D eigenvalue weighted by molar-refractivity contribution is 0.0694. The highest BCUT2D eigenvalue weighted by molar-refractivity contribution is 5.90.